The lowest BCUT2D eigenvalue weighted by atomic mass is 10.0. The SMILES string of the molecule is CN(C1CCOCC1)C(CN)c1ccc(Cl)c(F)c1. The number of benzene rings is 1. The van der Waals surface area contributed by atoms with Crippen molar-refractivity contribution in [3.63, 3.8) is 0 Å². The molecule has 0 aromatic heterocycles. The number of nitrogens with two attached hydrogens (primary N) is 1. The Kier molecular flexibility index (Phi) is 5.16. The first kappa shape index (κ1) is 14.7. The average molecular weight is 287 g/mol. The van der Waals surface area contributed by atoms with Crippen LogP contribution in [0.3, 0.4) is 0 Å². The largest absolute Gasteiger partial charge is 0.381 e. The fourth-order valence-corrected chi connectivity index (χ4v) is 2.72. The van der Waals surface area contributed by atoms with Crippen molar-refractivity contribution in [1.82, 2.24) is 4.90 Å². The van der Waals surface area contributed by atoms with Crippen LogP contribution in [0.2, 0.25) is 5.02 Å². The predicted molar refractivity (Wildman–Crippen MR) is 74.8 cm³/mol. The molecular formula is C14H20ClFN2O. The molecule has 1 unspecified atom stereocenters. The van der Waals surface area contributed by atoms with Gasteiger partial charge in [-0.15, -0.1) is 0 Å². The van der Waals surface area contributed by atoms with Crippen LogP contribution in [0.4, 0.5) is 4.39 Å². The molecule has 0 spiro atoms. The Bertz CT molecular complexity index is 424. The van der Waals surface area contributed by atoms with E-state index in [0.29, 0.717) is 12.6 Å². The Balaban J connectivity index is 2.15. The summed E-state index contributed by atoms with van der Waals surface area (Å²) < 4.78 is 18.9. The number of hydrogen-bond acceptors (Lipinski definition) is 3. The van der Waals surface area contributed by atoms with Crippen molar-refractivity contribution in [2.24, 2.45) is 5.73 Å². The van der Waals surface area contributed by atoms with Crippen LogP contribution in [-0.2, 0) is 4.74 Å². The van der Waals surface area contributed by atoms with Crippen LogP contribution in [0, 0.1) is 5.82 Å². The maximum Gasteiger partial charge on any atom is 0.142 e. The Hall–Kier alpha value is -0.680. The Morgan fingerprint density at radius 3 is 2.74 bits per heavy atom. The summed E-state index contributed by atoms with van der Waals surface area (Å²) in [4.78, 5) is 2.23. The zero-order valence-electron chi connectivity index (χ0n) is 11.1. The van der Waals surface area contributed by atoms with Gasteiger partial charge in [0, 0.05) is 31.8 Å². The third kappa shape index (κ3) is 3.45. The van der Waals surface area contributed by atoms with Gasteiger partial charge in [-0.1, -0.05) is 17.7 Å². The second kappa shape index (κ2) is 6.66. The number of ether oxygens (including phenoxy) is 1. The molecular weight excluding hydrogens is 267 g/mol. The van der Waals surface area contributed by atoms with E-state index in [1.54, 1.807) is 6.07 Å². The predicted octanol–water partition coefficient (Wildman–Crippen LogP) is 2.59. The Morgan fingerprint density at radius 1 is 1.47 bits per heavy atom. The van der Waals surface area contributed by atoms with E-state index >= 15 is 0 Å². The van der Waals surface area contributed by atoms with Crippen molar-refractivity contribution >= 4 is 11.6 Å². The normalized spacial score (nSPS) is 18.8. The molecule has 2 rings (SSSR count). The third-order valence-corrected chi connectivity index (χ3v) is 4.12. The molecule has 0 aliphatic carbocycles. The number of halogens is 2. The van der Waals surface area contributed by atoms with Gasteiger partial charge < -0.3 is 10.5 Å². The van der Waals surface area contributed by atoms with Gasteiger partial charge in [-0.25, -0.2) is 4.39 Å². The van der Waals surface area contributed by atoms with E-state index in [1.807, 2.05) is 13.1 Å². The van der Waals surface area contributed by atoms with E-state index in [9.17, 15) is 4.39 Å². The van der Waals surface area contributed by atoms with Crippen molar-refractivity contribution in [3.05, 3.63) is 34.6 Å². The summed E-state index contributed by atoms with van der Waals surface area (Å²) in [6, 6.07) is 5.36. The van der Waals surface area contributed by atoms with Crippen LogP contribution in [0.25, 0.3) is 0 Å². The Labute approximate surface area is 118 Å². The van der Waals surface area contributed by atoms with E-state index in [0.717, 1.165) is 31.6 Å². The molecule has 5 heteroatoms. The fourth-order valence-electron chi connectivity index (χ4n) is 2.60. The molecule has 0 amide bonds. The van der Waals surface area contributed by atoms with E-state index in [2.05, 4.69) is 4.90 Å². The second-order valence-corrected chi connectivity index (χ2v) is 5.34. The molecule has 1 aliphatic rings. The topological polar surface area (TPSA) is 38.5 Å². The summed E-state index contributed by atoms with van der Waals surface area (Å²) in [6.07, 6.45) is 1.98. The molecule has 0 saturated carbocycles. The fraction of sp³-hybridized carbons (Fsp3) is 0.571. The van der Waals surface area contributed by atoms with Crippen LogP contribution in [0.15, 0.2) is 18.2 Å². The van der Waals surface area contributed by atoms with Crippen molar-refractivity contribution in [1.29, 1.82) is 0 Å². The molecule has 1 heterocycles. The molecule has 0 radical (unpaired) electrons. The van der Waals surface area contributed by atoms with Crippen LogP contribution in [0.1, 0.15) is 24.4 Å². The molecule has 0 bridgehead atoms. The highest BCUT2D eigenvalue weighted by molar-refractivity contribution is 6.30. The first-order valence-corrected chi connectivity index (χ1v) is 6.96. The van der Waals surface area contributed by atoms with Gasteiger partial charge in [-0.05, 0) is 37.6 Å². The minimum Gasteiger partial charge on any atom is -0.381 e. The van der Waals surface area contributed by atoms with E-state index in [4.69, 9.17) is 22.1 Å². The van der Waals surface area contributed by atoms with Gasteiger partial charge in [0.2, 0.25) is 0 Å². The van der Waals surface area contributed by atoms with E-state index in [1.165, 1.54) is 6.07 Å². The van der Waals surface area contributed by atoms with Gasteiger partial charge >= 0.3 is 0 Å². The van der Waals surface area contributed by atoms with Crippen LogP contribution in [-0.4, -0.2) is 37.7 Å². The molecule has 1 aliphatic heterocycles. The molecule has 106 valence electrons. The Morgan fingerprint density at radius 2 is 2.16 bits per heavy atom. The first-order valence-electron chi connectivity index (χ1n) is 6.58. The molecule has 1 atom stereocenters. The van der Waals surface area contributed by atoms with Gasteiger partial charge in [-0.2, -0.15) is 0 Å². The molecule has 1 fully saturated rings. The minimum absolute atomic E-state index is 0.00914. The number of likely N-dealkylation sites (N-methyl/N-ethyl adjacent to an activating group) is 1. The molecule has 2 N–H and O–H groups in total. The lowest BCUT2D eigenvalue weighted by Crippen LogP contribution is -2.41. The maximum atomic E-state index is 13.6. The van der Waals surface area contributed by atoms with Gasteiger partial charge in [0.05, 0.1) is 5.02 Å². The summed E-state index contributed by atoms with van der Waals surface area (Å²) in [5, 5.41) is 0.147. The molecule has 19 heavy (non-hydrogen) atoms. The van der Waals surface area contributed by atoms with E-state index < -0.39 is 5.82 Å². The lowest BCUT2D eigenvalue weighted by Gasteiger charge is -2.37. The van der Waals surface area contributed by atoms with Gasteiger partial charge in [0.25, 0.3) is 0 Å². The highest BCUT2D eigenvalue weighted by Crippen LogP contribution is 2.27. The molecule has 1 saturated heterocycles. The van der Waals surface area contributed by atoms with E-state index in [-0.39, 0.29) is 11.1 Å². The number of rotatable bonds is 4. The second-order valence-electron chi connectivity index (χ2n) is 4.93. The van der Waals surface area contributed by atoms with Crippen LogP contribution >= 0.6 is 11.6 Å². The van der Waals surface area contributed by atoms with Crippen molar-refractivity contribution in [2.45, 2.75) is 24.9 Å². The summed E-state index contributed by atoms with van der Waals surface area (Å²) in [6.45, 7) is 2.01. The summed E-state index contributed by atoms with van der Waals surface area (Å²) in [5.41, 5.74) is 6.75. The highest BCUT2D eigenvalue weighted by atomic mass is 35.5. The number of hydrogen-bond donors (Lipinski definition) is 1. The van der Waals surface area contributed by atoms with Crippen molar-refractivity contribution < 1.29 is 9.13 Å². The van der Waals surface area contributed by atoms with Crippen LogP contribution < -0.4 is 5.73 Å². The quantitative estimate of drug-likeness (QED) is 0.925. The molecule has 1 aromatic rings. The summed E-state index contributed by atoms with van der Waals surface area (Å²) in [7, 11) is 2.04. The van der Waals surface area contributed by atoms with Gasteiger partial charge in [-0.3, -0.25) is 4.90 Å². The zero-order chi connectivity index (χ0) is 13.8. The third-order valence-electron chi connectivity index (χ3n) is 3.81. The van der Waals surface area contributed by atoms with Gasteiger partial charge in [0.15, 0.2) is 0 Å². The van der Waals surface area contributed by atoms with Gasteiger partial charge in [0.1, 0.15) is 5.82 Å². The summed E-state index contributed by atoms with van der Waals surface area (Å²) >= 11 is 5.72. The monoisotopic (exact) mass is 286 g/mol. The highest BCUT2D eigenvalue weighted by Gasteiger charge is 2.25. The maximum absolute atomic E-state index is 13.6. The molecule has 3 nitrogen and oxygen atoms in total. The summed E-state index contributed by atoms with van der Waals surface area (Å²) in [5.74, 6) is -0.391. The first-order chi connectivity index (χ1) is 9.13. The van der Waals surface area contributed by atoms with Crippen molar-refractivity contribution in [2.75, 3.05) is 26.8 Å². The number of nitrogens with zero attached hydrogens (tertiary/aromatic N) is 1. The smallest absolute Gasteiger partial charge is 0.142 e. The van der Waals surface area contributed by atoms with Crippen LogP contribution in [0.5, 0.6) is 0 Å². The standard InChI is InChI=1S/C14H20ClFN2O/c1-18(11-4-6-19-7-5-11)14(9-17)10-2-3-12(15)13(16)8-10/h2-3,8,11,14H,4-7,9,17H2,1H3. The molecule has 1 aromatic carbocycles. The lowest BCUT2D eigenvalue weighted by molar-refractivity contribution is 0.0293. The minimum atomic E-state index is -0.391. The van der Waals surface area contributed by atoms with Crippen molar-refractivity contribution in [3.8, 4) is 0 Å². The zero-order valence-corrected chi connectivity index (χ0v) is 11.9. The average Bonchev–Trinajstić information content (AvgIpc) is 2.44.